The number of hydrogen-bond donors (Lipinski definition) is 2. The Morgan fingerprint density at radius 2 is 1.61 bits per heavy atom. The predicted octanol–water partition coefficient (Wildman–Crippen LogP) is 4.95. The largest absolute Gasteiger partial charge is 0.481 e. The molecule has 0 heterocycles. The summed E-state index contributed by atoms with van der Waals surface area (Å²) in [5.74, 6) is -1.27. The first-order valence-corrected chi connectivity index (χ1v) is 11.4. The van der Waals surface area contributed by atoms with Crippen LogP contribution in [-0.2, 0) is 21.2 Å². The van der Waals surface area contributed by atoms with E-state index in [-0.39, 0.29) is 11.3 Å². The summed E-state index contributed by atoms with van der Waals surface area (Å²) in [4.78, 5) is 10.7. The fourth-order valence-electron chi connectivity index (χ4n) is 3.16. The van der Waals surface area contributed by atoms with Gasteiger partial charge in [-0.2, -0.15) is 4.72 Å². The number of aryl methyl sites for hydroxylation is 1. The Morgan fingerprint density at radius 1 is 1.00 bits per heavy atom. The minimum atomic E-state index is -3.92. The highest BCUT2D eigenvalue weighted by molar-refractivity contribution is 7.89. The van der Waals surface area contributed by atoms with Gasteiger partial charge in [-0.05, 0) is 59.9 Å². The van der Waals surface area contributed by atoms with Crippen molar-refractivity contribution in [2.75, 3.05) is 0 Å². The zero-order chi connectivity index (χ0) is 22.4. The van der Waals surface area contributed by atoms with E-state index >= 15 is 0 Å². The molecule has 0 aliphatic carbocycles. The van der Waals surface area contributed by atoms with Crippen LogP contribution in [0.3, 0.4) is 0 Å². The van der Waals surface area contributed by atoms with Gasteiger partial charge in [0.1, 0.15) is 5.82 Å². The van der Waals surface area contributed by atoms with Crippen LogP contribution in [0.5, 0.6) is 0 Å². The molecule has 8 heteroatoms. The highest BCUT2D eigenvalue weighted by atomic mass is 35.5. The molecule has 0 bridgehead atoms. The maximum atomic E-state index is 13.4. The van der Waals surface area contributed by atoms with Gasteiger partial charge in [0.15, 0.2) is 0 Å². The number of halogens is 2. The highest BCUT2D eigenvalue weighted by Crippen LogP contribution is 2.26. The van der Waals surface area contributed by atoms with E-state index in [4.69, 9.17) is 16.7 Å². The molecule has 3 aromatic rings. The number of benzene rings is 3. The van der Waals surface area contributed by atoms with E-state index < -0.39 is 27.9 Å². The third kappa shape index (κ3) is 6.37. The quantitative estimate of drug-likeness (QED) is 0.472. The first-order valence-electron chi connectivity index (χ1n) is 9.58. The number of carboxylic acids is 1. The summed E-state index contributed by atoms with van der Waals surface area (Å²) < 4.78 is 42.1. The van der Waals surface area contributed by atoms with Gasteiger partial charge >= 0.3 is 5.97 Å². The van der Waals surface area contributed by atoms with Crippen molar-refractivity contribution in [2.45, 2.75) is 30.2 Å². The lowest BCUT2D eigenvalue weighted by Crippen LogP contribution is -2.29. The lowest BCUT2D eigenvalue weighted by Gasteiger charge is -2.20. The van der Waals surface area contributed by atoms with E-state index in [1.54, 1.807) is 24.3 Å². The summed E-state index contributed by atoms with van der Waals surface area (Å²) >= 11 is 5.95. The molecule has 3 aromatic carbocycles. The smallest absolute Gasteiger partial charge is 0.303 e. The number of rotatable bonds is 9. The van der Waals surface area contributed by atoms with Crippen molar-refractivity contribution in [2.24, 2.45) is 0 Å². The lowest BCUT2D eigenvalue weighted by atomic mass is 9.97. The number of carboxylic acid groups (broad SMARTS) is 1. The van der Waals surface area contributed by atoms with Crippen LogP contribution in [0.4, 0.5) is 4.39 Å². The van der Waals surface area contributed by atoms with Gasteiger partial charge in [-0.25, -0.2) is 12.8 Å². The van der Waals surface area contributed by atoms with Crippen LogP contribution < -0.4 is 4.72 Å². The molecule has 3 rings (SSSR count). The van der Waals surface area contributed by atoms with E-state index in [1.807, 2.05) is 12.1 Å². The van der Waals surface area contributed by atoms with Crippen LogP contribution in [0.2, 0.25) is 5.02 Å². The van der Waals surface area contributed by atoms with Gasteiger partial charge in [0.05, 0.1) is 10.9 Å². The summed E-state index contributed by atoms with van der Waals surface area (Å²) in [5, 5.41) is 9.07. The monoisotopic (exact) mass is 461 g/mol. The minimum absolute atomic E-state index is 0.0254. The molecule has 2 N–H and O–H groups in total. The first kappa shape index (κ1) is 22.9. The summed E-state index contributed by atoms with van der Waals surface area (Å²) in [5.41, 5.74) is 2.19. The molecule has 0 fully saturated rings. The van der Waals surface area contributed by atoms with Crippen LogP contribution in [0, 0.1) is 5.82 Å². The van der Waals surface area contributed by atoms with E-state index in [0.717, 1.165) is 5.56 Å². The molecule has 1 atom stereocenters. The second-order valence-electron chi connectivity index (χ2n) is 7.05. The summed E-state index contributed by atoms with van der Waals surface area (Å²) in [7, 11) is -3.92. The zero-order valence-electron chi connectivity index (χ0n) is 16.5. The van der Waals surface area contributed by atoms with Crippen LogP contribution in [0.1, 0.15) is 35.6 Å². The second-order valence-corrected chi connectivity index (χ2v) is 9.20. The first-order chi connectivity index (χ1) is 14.7. The second kappa shape index (κ2) is 10.0. The zero-order valence-corrected chi connectivity index (χ0v) is 18.0. The predicted molar refractivity (Wildman–Crippen MR) is 117 cm³/mol. The Morgan fingerprint density at radius 3 is 2.19 bits per heavy atom. The molecule has 0 aromatic heterocycles. The van der Waals surface area contributed by atoms with Crippen molar-refractivity contribution < 1.29 is 22.7 Å². The molecule has 0 aliphatic heterocycles. The van der Waals surface area contributed by atoms with E-state index in [1.165, 1.54) is 36.4 Å². The topological polar surface area (TPSA) is 83.5 Å². The number of sulfonamides is 1. The SMILES string of the molecule is O=C(O)CCCc1ccc(C(NS(=O)(=O)c2cccc(Cl)c2)c2ccc(F)cc2)cc1. The third-order valence-corrected chi connectivity index (χ3v) is 6.41. The van der Waals surface area contributed by atoms with E-state index in [9.17, 15) is 17.6 Å². The van der Waals surface area contributed by atoms with Crippen molar-refractivity contribution in [1.29, 1.82) is 0 Å². The Labute approximate surface area is 185 Å². The number of aliphatic carboxylic acids is 1. The highest BCUT2D eigenvalue weighted by Gasteiger charge is 2.23. The summed E-state index contributed by atoms with van der Waals surface area (Å²) in [6, 6.07) is 18.0. The molecule has 31 heavy (non-hydrogen) atoms. The van der Waals surface area contributed by atoms with Gasteiger partial charge in [0, 0.05) is 11.4 Å². The van der Waals surface area contributed by atoms with Gasteiger partial charge in [-0.15, -0.1) is 0 Å². The number of carbonyl (C=O) groups is 1. The van der Waals surface area contributed by atoms with Crippen LogP contribution >= 0.6 is 11.6 Å². The number of nitrogens with one attached hydrogen (secondary N) is 1. The van der Waals surface area contributed by atoms with Crippen molar-refractivity contribution in [3.05, 3.63) is 100 Å². The van der Waals surface area contributed by atoms with Gasteiger partial charge in [0.2, 0.25) is 10.0 Å². The van der Waals surface area contributed by atoms with Crippen molar-refractivity contribution in [3.63, 3.8) is 0 Å². The van der Waals surface area contributed by atoms with Crippen LogP contribution in [-0.4, -0.2) is 19.5 Å². The van der Waals surface area contributed by atoms with Crippen LogP contribution in [0.15, 0.2) is 77.7 Å². The van der Waals surface area contributed by atoms with Gasteiger partial charge < -0.3 is 5.11 Å². The van der Waals surface area contributed by atoms with Gasteiger partial charge in [0.25, 0.3) is 0 Å². The molecule has 1 unspecified atom stereocenters. The molecule has 162 valence electrons. The van der Waals surface area contributed by atoms with Crippen LogP contribution in [0.25, 0.3) is 0 Å². The molecule has 0 amide bonds. The average Bonchev–Trinajstić information content (AvgIpc) is 2.73. The summed E-state index contributed by atoms with van der Waals surface area (Å²) in [6.07, 6.45) is 1.19. The Bertz CT molecular complexity index is 1150. The summed E-state index contributed by atoms with van der Waals surface area (Å²) in [6.45, 7) is 0. The van der Waals surface area contributed by atoms with Crippen molar-refractivity contribution in [3.8, 4) is 0 Å². The Balaban J connectivity index is 1.90. The molecule has 0 aliphatic rings. The third-order valence-electron chi connectivity index (χ3n) is 4.75. The minimum Gasteiger partial charge on any atom is -0.481 e. The Kier molecular flexibility index (Phi) is 7.43. The molecule has 0 spiro atoms. The molecular formula is C23H21ClFNO4S. The fraction of sp³-hybridized carbons (Fsp3) is 0.174. The van der Waals surface area contributed by atoms with Crippen molar-refractivity contribution in [1.82, 2.24) is 4.72 Å². The number of hydrogen-bond acceptors (Lipinski definition) is 3. The normalized spacial score (nSPS) is 12.5. The molecule has 0 radical (unpaired) electrons. The molecule has 0 saturated heterocycles. The van der Waals surface area contributed by atoms with Gasteiger partial charge in [-0.3, -0.25) is 4.79 Å². The van der Waals surface area contributed by atoms with E-state index in [0.29, 0.717) is 29.0 Å². The molecular weight excluding hydrogens is 441 g/mol. The van der Waals surface area contributed by atoms with E-state index in [2.05, 4.69) is 4.72 Å². The lowest BCUT2D eigenvalue weighted by molar-refractivity contribution is -0.137. The standard InChI is InChI=1S/C23H21ClFNO4S/c24-19-4-2-5-21(15-19)31(29,30)26-23(18-11-13-20(25)14-12-18)17-9-7-16(8-10-17)3-1-6-22(27)28/h2,4-5,7-15,23,26H,1,3,6H2,(H,27,28). The molecule has 0 saturated carbocycles. The maximum Gasteiger partial charge on any atom is 0.303 e. The Hall–Kier alpha value is -2.74. The fourth-order valence-corrected chi connectivity index (χ4v) is 4.67. The van der Waals surface area contributed by atoms with Gasteiger partial charge in [-0.1, -0.05) is 54.1 Å². The molecule has 5 nitrogen and oxygen atoms in total. The van der Waals surface area contributed by atoms with Crippen molar-refractivity contribution >= 4 is 27.6 Å². The average molecular weight is 462 g/mol. The maximum absolute atomic E-state index is 13.4.